The predicted octanol–water partition coefficient (Wildman–Crippen LogP) is 3.57. The van der Waals surface area contributed by atoms with Gasteiger partial charge in [0.25, 0.3) is 0 Å². The van der Waals surface area contributed by atoms with Crippen LogP contribution in [-0.2, 0) is 10.8 Å². The third-order valence-electron chi connectivity index (χ3n) is 2.27. The molecule has 2 heteroatoms. The Kier molecular flexibility index (Phi) is 4.52. The summed E-state index contributed by atoms with van der Waals surface area (Å²) in [7, 11) is -0.840. The van der Waals surface area contributed by atoms with Crippen LogP contribution >= 0.6 is 0 Å². The van der Waals surface area contributed by atoms with E-state index in [4.69, 9.17) is 0 Å². The topological polar surface area (TPSA) is 17.1 Å². The average Bonchev–Trinajstić information content (AvgIpc) is 2.17. The number of rotatable bonds is 4. The minimum Gasteiger partial charge on any atom is -0.254 e. The Bertz CT molecular complexity index is 342. The van der Waals surface area contributed by atoms with Crippen LogP contribution in [-0.4, -0.2) is 9.96 Å². The second kappa shape index (κ2) is 5.45. The lowest BCUT2D eigenvalue weighted by atomic mass is 10.0. The van der Waals surface area contributed by atoms with Crippen molar-refractivity contribution < 1.29 is 4.21 Å². The molecule has 1 aromatic rings. The molecule has 0 aliphatic carbocycles. The van der Waals surface area contributed by atoms with Crippen LogP contribution in [0.3, 0.4) is 0 Å². The molecule has 0 fully saturated rings. The van der Waals surface area contributed by atoms with Crippen molar-refractivity contribution in [3.05, 3.63) is 29.8 Å². The minimum atomic E-state index is -0.840. The highest BCUT2D eigenvalue weighted by atomic mass is 32.2. The van der Waals surface area contributed by atoms with Crippen LogP contribution in [0.15, 0.2) is 29.2 Å². The van der Waals surface area contributed by atoms with Crippen molar-refractivity contribution in [1.29, 1.82) is 0 Å². The quantitative estimate of drug-likeness (QED) is 0.764. The first-order valence-electron chi connectivity index (χ1n) is 5.49. The second-order valence-corrected chi connectivity index (χ2v) is 6.13. The largest absolute Gasteiger partial charge is 0.254 e. The molecule has 84 valence electrons. The van der Waals surface area contributed by atoms with Crippen molar-refractivity contribution in [2.75, 3.05) is 5.75 Å². The molecule has 0 aliphatic heterocycles. The molecule has 15 heavy (non-hydrogen) atoms. The van der Waals surface area contributed by atoms with Gasteiger partial charge in [0.1, 0.15) is 0 Å². The van der Waals surface area contributed by atoms with E-state index in [-0.39, 0.29) is 0 Å². The van der Waals surface area contributed by atoms with E-state index >= 15 is 0 Å². The van der Waals surface area contributed by atoms with Crippen LogP contribution < -0.4 is 0 Å². The molecule has 0 aliphatic rings. The smallest absolute Gasteiger partial charge is 0.0532 e. The van der Waals surface area contributed by atoms with Crippen LogP contribution in [0, 0.1) is 5.92 Å². The second-order valence-electron chi connectivity index (χ2n) is 4.63. The van der Waals surface area contributed by atoms with Gasteiger partial charge in [-0.05, 0) is 29.5 Å². The van der Waals surface area contributed by atoms with Gasteiger partial charge in [0, 0.05) is 10.6 Å². The SMILES string of the molecule is CC(C)CS(=O)c1cccc(C(C)C)c1. The molecule has 1 nitrogen and oxygen atoms in total. The molecule has 1 rings (SSSR count). The van der Waals surface area contributed by atoms with E-state index in [1.807, 2.05) is 12.1 Å². The lowest BCUT2D eigenvalue weighted by molar-refractivity contribution is 0.664. The van der Waals surface area contributed by atoms with Gasteiger partial charge in [-0.1, -0.05) is 39.8 Å². The van der Waals surface area contributed by atoms with Crippen molar-refractivity contribution in [3.63, 3.8) is 0 Å². The van der Waals surface area contributed by atoms with Crippen LogP contribution in [0.1, 0.15) is 39.2 Å². The Hall–Kier alpha value is -0.630. The van der Waals surface area contributed by atoms with Gasteiger partial charge < -0.3 is 0 Å². The number of hydrogen-bond acceptors (Lipinski definition) is 1. The van der Waals surface area contributed by atoms with Crippen molar-refractivity contribution >= 4 is 10.8 Å². The first kappa shape index (κ1) is 12.4. The van der Waals surface area contributed by atoms with Gasteiger partial charge in [-0.2, -0.15) is 0 Å². The summed E-state index contributed by atoms with van der Waals surface area (Å²) in [6, 6.07) is 8.14. The summed E-state index contributed by atoms with van der Waals surface area (Å²) in [6.45, 7) is 8.52. The summed E-state index contributed by atoms with van der Waals surface area (Å²) in [5.41, 5.74) is 1.27. The molecule has 0 spiro atoms. The molecule has 0 heterocycles. The highest BCUT2D eigenvalue weighted by Crippen LogP contribution is 2.18. The summed E-state index contributed by atoms with van der Waals surface area (Å²) in [5, 5.41) is 0. The Morgan fingerprint density at radius 2 is 1.87 bits per heavy atom. The molecule has 0 N–H and O–H groups in total. The van der Waals surface area contributed by atoms with Crippen molar-refractivity contribution in [3.8, 4) is 0 Å². The Balaban J connectivity index is 2.85. The lowest BCUT2D eigenvalue weighted by Crippen LogP contribution is -2.05. The van der Waals surface area contributed by atoms with E-state index in [1.165, 1.54) is 5.56 Å². The van der Waals surface area contributed by atoms with Crippen LogP contribution in [0.25, 0.3) is 0 Å². The zero-order valence-electron chi connectivity index (χ0n) is 9.99. The molecule has 0 saturated heterocycles. The average molecular weight is 224 g/mol. The summed E-state index contributed by atoms with van der Waals surface area (Å²) in [4.78, 5) is 0.968. The fourth-order valence-electron chi connectivity index (χ4n) is 1.41. The Labute approximate surface area is 95.4 Å². The highest BCUT2D eigenvalue weighted by molar-refractivity contribution is 7.85. The number of hydrogen-bond donors (Lipinski definition) is 0. The third kappa shape index (κ3) is 3.78. The standard InChI is InChI=1S/C13H20OS/c1-10(2)9-15(14)13-7-5-6-12(8-13)11(3)4/h5-8,10-11H,9H2,1-4H3. The third-order valence-corrected chi connectivity index (χ3v) is 4.02. The van der Waals surface area contributed by atoms with E-state index in [1.54, 1.807) is 0 Å². The fourth-order valence-corrected chi connectivity index (χ4v) is 2.71. The Morgan fingerprint density at radius 1 is 1.20 bits per heavy atom. The van der Waals surface area contributed by atoms with Crippen LogP contribution in [0.2, 0.25) is 0 Å². The molecule has 0 saturated carbocycles. The molecule has 1 aromatic carbocycles. The summed E-state index contributed by atoms with van der Waals surface area (Å²) >= 11 is 0. The van der Waals surface area contributed by atoms with E-state index in [2.05, 4.69) is 39.8 Å². The molecule has 0 bridgehead atoms. The zero-order chi connectivity index (χ0) is 11.4. The van der Waals surface area contributed by atoms with Gasteiger partial charge in [0.05, 0.1) is 10.8 Å². The van der Waals surface area contributed by atoms with Gasteiger partial charge >= 0.3 is 0 Å². The van der Waals surface area contributed by atoms with E-state index < -0.39 is 10.8 Å². The van der Waals surface area contributed by atoms with E-state index in [9.17, 15) is 4.21 Å². The normalized spacial score (nSPS) is 13.5. The summed E-state index contributed by atoms with van der Waals surface area (Å²) in [5.74, 6) is 1.73. The van der Waals surface area contributed by atoms with E-state index in [0.29, 0.717) is 11.8 Å². The van der Waals surface area contributed by atoms with Gasteiger partial charge in [-0.3, -0.25) is 4.21 Å². The van der Waals surface area contributed by atoms with E-state index in [0.717, 1.165) is 10.6 Å². The maximum Gasteiger partial charge on any atom is 0.0532 e. The molecular weight excluding hydrogens is 204 g/mol. The number of benzene rings is 1. The van der Waals surface area contributed by atoms with Crippen LogP contribution in [0.4, 0.5) is 0 Å². The maximum absolute atomic E-state index is 11.9. The zero-order valence-corrected chi connectivity index (χ0v) is 10.8. The lowest BCUT2D eigenvalue weighted by Gasteiger charge is -2.09. The molecule has 1 unspecified atom stereocenters. The van der Waals surface area contributed by atoms with Gasteiger partial charge in [-0.15, -0.1) is 0 Å². The van der Waals surface area contributed by atoms with Gasteiger partial charge in [0.2, 0.25) is 0 Å². The molecule has 0 amide bonds. The summed E-state index contributed by atoms with van der Waals surface area (Å²) < 4.78 is 11.9. The fraction of sp³-hybridized carbons (Fsp3) is 0.538. The minimum absolute atomic E-state index is 0.480. The Morgan fingerprint density at radius 3 is 2.40 bits per heavy atom. The highest BCUT2D eigenvalue weighted by Gasteiger charge is 2.08. The maximum atomic E-state index is 11.9. The monoisotopic (exact) mass is 224 g/mol. The molecule has 0 radical (unpaired) electrons. The van der Waals surface area contributed by atoms with Crippen LogP contribution in [0.5, 0.6) is 0 Å². The predicted molar refractivity (Wildman–Crippen MR) is 66.6 cm³/mol. The summed E-state index contributed by atoms with van der Waals surface area (Å²) in [6.07, 6.45) is 0. The molecule has 1 atom stereocenters. The molecular formula is C13H20OS. The first-order valence-corrected chi connectivity index (χ1v) is 6.81. The first-order chi connectivity index (χ1) is 7.00. The van der Waals surface area contributed by atoms with Gasteiger partial charge in [0.15, 0.2) is 0 Å². The van der Waals surface area contributed by atoms with Crippen molar-refractivity contribution in [2.45, 2.75) is 38.5 Å². The van der Waals surface area contributed by atoms with Gasteiger partial charge in [-0.25, -0.2) is 0 Å². The van der Waals surface area contributed by atoms with Crippen molar-refractivity contribution in [1.82, 2.24) is 0 Å². The van der Waals surface area contributed by atoms with Crippen molar-refractivity contribution in [2.24, 2.45) is 5.92 Å². The molecule has 0 aromatic heterocycles.